The normalized spacial score (nSPS) is 18.8. The van der Waals surface area contributed by atoms with E-state index >= 15 is 0 Å². The number of sulfonamides is 1. The molecule has 198 valence electrons. The van der Waals surface area contributed by atoms with Crippen molar-refractivity contribution in [1.29, 1.82) is 0 Å². The maximum absolute atomic E-state index is 13.3. The maximum atomic E-state index is 13.3. The Morgan fingerprint density at radius 2 is 2.05 bits per heavy atom. The van der Waals surface area contributed by atoms with Crippen molar-refractivity contribution in [1.82, 2.24) is 24.9 Å². The molecule has 2 N–H and O–H groups in total. The molecule has 1 saturated heterocycles. The Balaban J connectivity index is 1.26. The number of fused-ring (bicyclic) bond motifs is 1. The molecule has 11 nitrogen and oxygen atoms in total. The standard InChI is InChI=1S/C24H23ClN6O5S2/c25-14-4-6-31-19(9-14)17(11-28-31)21-12-27-24(37-21)23(32)29-22(20-13-35-7-8-36-20)18-10-15(3-5-26-18)30-38(33,34)16-1-2-16/h3-6,9-12,16,20,22H,1-2,7-8,13H2,(H,26,30)(H,29,32)/t20-,22-/m0/s1. The van der Waals surface area contributed by atoms with E-state index in [2.05, 4.69) is 25.1 Å². The van der Waals surface area contributed by atoms with Gasteiger partial charge in [-0.3, -0.25) is 14.5 Å². The molecule has 2 aliphatic rings. The molecule has 2 fully saturated rings. The van der Waals surface area contributed by atoms with Gasteiger partial charge in [-0.1, -0.05) is 11.6 Å². The molecule has 0 spiro atoms. The van der Waals surface area contributed by atoms with Crippen LogP contribution in [-0.2, 0) is 19.5 Å². The van der Waals surface area contributed by atoms with E-state index in [4.69, 9.17) is 21.1 Å². The summed E-state index contributed by atoms with van der Waals surface area (Å²) in [7, 11) is -3.46. The highest BCUT2D eigenvalue weighted by Crippen LogP contribution is 2.32. The van der Waals surface area contributed by atoms with Crippen molar-refractivity contribution < 1.29 is 22.7 Å². The second-order valence-electron chi connectivity index (χ2n) is 9.01. The van der Waals surface area contributed by atoms with Crippen LogP contribution in [0.4, 0.5) is 5.69 Å². The number of carbonyl (C=O) groups excluding carboxylic acids is 1. The lowest BCUT2D eigenvalue weighted by Gasteiger charge is -2.30. The molecule has 1 amide bonds. The number of ether oxygens (including phenoxy) is 2. The second kappa shape index (κ2) is 10.2. The molecule has 38 heavy (non-hydrogen) atoms. The van der Waals surface area contributed by atoms with Gasteiger partial charge in [0.2, 0.25) is 10.0 Å². The summed E-state index contributed by atoms with van der Waals surface area (Å²) in [6, 6.07) is 6.04. The van der Waals surface area contributed by atoms with Gasteiger partial charge in [0.15, 0.2) is 5.01 Å². The summed E-state index contributed by atoms with van der Waals surface area (Å²) in [5, 5.41) is 7.76. The van der Waals surface area contributed by atoms with Crippen molar-refractivity contribution in [3.63, 3.8) is 0 Å². The fourth-order valence-electron chi connectivity index (χ4n) is 4.21. The topological polar surface area (TPSA) is 137 Å². The highest BCUT2D eigenvalue weighted by Gasteiger charge is 2.36. The first-order chi connectivity index (χ1) is 18.4. The number of rotatable bonds is 8. The van der Waals surface area contributed by atoms with Crippen LogP contribution >= 0.6 is 22.9 Å². The van der Waals surface area contributed by atoms with E-state index in [1.54, 1.807) is 47.4 Å². The summed E-state index contributed by atoms with van der Waals surface area (Å²) in [6.45, 7) is 1.06. The molecule has 4 aromatic rings. The van der Waals surface area contributed by atoms with Gasteiger partial charge in [0.05, 0.1) is 53.0 Å². The zero-order valence-electron chi connectivity index (χ0n) is 19.9. The van der Waals surface area contributed by atoms with Crippen LogP contribution in [0, 0.1) is 0 Å². The van der Waals surface area contributed by atoms with Gasteiger partial charge in [-0.25, -0.2) is 17.9 Å². The number of hydrogen-bond acceptors (Lipinski definition) is 9. The highest BCUT2D eigenvalue weighted by molar-refractivity contribution is 7.93. The average molecular weight is 575 g/mol. The molecule has 0 unspecified atom stereocenters. The number of halogens is 1. The monoisotopic (exact) mass is 574 g/mol. The van der Waals surface area contributed by atoms with Crippen LogP contribution in [0.25, 0.3) is 16.0 Å². The Morgan fingerprint density at radius 3 is 2.84 bits per heavy atom. The molecular weight excluding hydrogens is 552 g/mol. The summed E-state index contributed by atoms with van der Waals surface area (Å²) >= 11 is 7.38. The van der Waals surface area contributed by atoms with E-state index in [0.29, 0.717) is 42.5 Å². The van der Waals surface area contributed by atoms with Gasteiger partial charge in [0.1, 0.15) is 12.1 Å². The third-order valence-corrected chi connectivity index (χ3v) is 9.41. The van der Waals surface area contributed by atoms with Crippen molar-refractivity contribution in [3.05, 3.63) is 64.8 Å². The van der Waals surface area contributed by atoms with E-state index < -0.39 is 28.1 Å². The summed E-state index contributed by atoms with van der Waals surface area (Å²) in [6.07, 6.45) is 7.37. The molecule has 1 aliphatic heterocycles. The molecule has 1 saturated carbocycles. The molecule has 0 aromatic carbocycles. The van der Waals surface area contributed by atoms with Crippen LogP contribution in [0.2, 0.25) is 5.02 Å². The highest BCUT2D eigenvalue weighted by atomic mass is 35.5. The van der Waals surface area contributed by atoms with Crippen molar-refractivity contribution in [2.75, 3.05) is 24.5 Å². The van der Waals surface area contributed by atoms with E-state index in [9.17, 15) is 13.2 Å². The molecule has 0 radical (unpaired) electrons. The Labute approximate surface area is 227 Å². The van der Waals surface area contributed by atoms with Crippen molar-refractivity contribution >= 4 is 50.1 Å². The van der Waals surface area contributed by atoms with Gasteiger partial charge >= 0.3 is 0 Å². The summed E-state index contributed by atoms with van der Waals surface area (Å²) in [5.41, 5.74) is 2.43. The summed E-state index contributed by atoms with van der Waals surface area (Å²) in [5.74, 6) is -0.416. The minimum Gasteiger partial charge on any atom is -0.376 e. The van der Waals surface area contributed by atoms with Crippen molar-refractivity contribution in [2.24, 2.45) is 0 Å². The Bertz CT molecular complexity index is 1600. The first kappa shape index (κ1) is 25.2. The van der Waals surface area contributed by atoms with Crippen LogP contribution in [-0.4, -0.2) is 65.1 Å². The second-order valence-corrected chi connectivity index (χ2v) is 12.4. The largest absolute Gasteiger partial charge is 0.376 e. The van der Waals surface area contributed by atoms with Crippen molar-refractivity contribution in [2.45, 2.75) is 30.2 Å². The third-order valence-electron chi connectivity index (χ3n) is 6.27. The fraction of sp³-hybridized carbons (Fsp3) is 0.333. The number of thiazole rings is 1. The number of anilines is 1. The van der Waals surface area contributed by atoms with Gasteiger partial charge in [-0.15, -0.1) is 11.3 Å². The van der Waals surface area contributed by atoms with Crippen LogP contribution < -0.4 is 10.0 Å². The first-order valence-corrected chi connectivity index (χ1v) is 14.7. The lowest BCUT2D eigenvalue weighted by molar-refractivity contribution is -0.101. The van der Waals surface area contributed by atoms with E-state index in [-0.39, 0.29) is 16.9 Å². The van der Waals surface area contributed by atoms with Crippen molar-refractivity contribution in [3.8, 4) is 10.4 Å². The number of nitrogens with zero attached hydrogens (tertiary/aromatic N) is 4. The SMILES string of the molecule is O=C(N[C@@H](c1cc(NS(=O)(=O)C2CC2)ccn1)[C@@H]1COCCO1)c1ncc(-c2cnn3ccc(Cl)cc23)s1. The van der Waals surface area contributed by atoms with Crippen LogP contribution in [0.1, 0.15) is 34.4 Å². The van der Waals surface area contributed by atoms with Gasteiger partial charge in [-0.05, 0) is 37.1 Å². The maximum Gasteiger partial charge on any atom is 0.280 e. The molecular formula is C24H23ClN6O5S2. The van der Waals surface area contributed by atoms with E-state index in [0.717, 1.165) is 16.0 Å². The lowest BCUT2D eigenvalue weighted by atomic mass is 10.1. The molecule has 2 atom stereocenters. The molecule has 6 rings (SSSR count). The zero-order valence-corrected chi connectivity index (χ0v) is 22.3. The molecule has 4 aromatic heterocycles. The van der Waals surface area contributed by atoms with Crippen LogP contribution in [0.5, 0.6) is 0 Å². The fourth-order valence-corrected chi connectivity index (χ4v) is 6.59. The quantitative estimate of drug-likeness (QED) is 0.327. The first-order valence-electron chi connectivity index (χ1n) is 11.9. The number of aromatic nitrogens is 4. The van der Waals surface area contributed by atoms with Gasteiger partial charge in [-0.2, -0.15) is 5.10 Å². The minimum absolute atomic E-state index is 0.244. The summed E-state index contributed by atoms with van der Waals surface area (Å²) in [4.78, 5) is 22.9. The van der Waals surface area contributed by atoms with E-state index in [1.165, 1.54) is 17.5 Å². The van der Waals surface area contributed by atoms with Crippen LogP contribution in [0.15, 0.2) is 49.1 Å². The van der Waals surface area contributed by atoms with E-state index in [1.807, 2.05) is 0 Å². The predicted molar refractivity (Wildman–Crippen MR) is 142 cm³/mol. The Hall–Kier alpha value is -3.10. The zero-order chi connectivity index (χ0) is 26.3. The number of carbonyl (C=O) groups is 1. The lowest BCUT2D eigenvalue weighted by Crippen LogP contribution is -2.43. The van der Waals surface area contributed by atoms with Crippen LogP contribution in [0.3, 0.4) is 0 Å². The number of nitrogens with one attached hydrogen (secondary N) is 2. The number of pyridine rings is 2. The van der Waals surface area contributed by atoms with Gasteiger partial charge in [0, 0.05) is 29.2 Å². The third kappa shape index (κ3) is 5.24. The number of amides is 1. The predicted octanol–water partition coefficient (Wildman–Crippen LogP) is 3.30. The smallest absolute Gasteiger partial charge is 0.280 e. The molecule has 5 heterocycles. The minimum atomic E-state index is -3.46. The van der Waals surface area contributed by atoms with Gasteiger partial charge in [0.25, 0.3) is 5.91 Å². The average Bonchev–Trinajstić information content (AvgIpc) is 3.54. The molecule has 14 heteroatoms. The summed E-state index contributed by atoms with van der Waals surface area (Å²) < 4.78 is 40.7. The molecule has 1 aliphatic carbocycles. The number of hydrogen-bond donors (Lipinski definition) is 2. The Kier molecular flexibility index (Phi) is 6.78. The Morgan fingerprint density at radius 1 is 1.18 bits per heavy atom. The molecule has 0 bridgehead atoms. The van der Waals surface area contributed by atoms with Gasteiger partial charge < -0.3 is 14.8 Å².